The van der Waals surface area contributed by atoms with Gasteiger partial charge >= 0.3 is 0 Å². The lowest BCUT2D eigenvalue weighted by atomic mass is 10.3. The summed E-state index contributed by atoms with van der Waals surface area (Å²) in [6.45, 7) is 3.15. The van der Waals surface area contributed by atoms with Crippen LogP contribution in [0.1, 0.15) is 11.5 Å². The zero-order valence-electron chi connectivity index (χ0n) is 10.2. The lowest BCUT2D eigenvalue weighted by Crippen LogP contribution is -2.14. The third-order valence-electron chi connectivity index (χ3n) is 2.48. The molecule has 19 heavy (non-hydrogen) atoms. The molecule has 7 heteroatoms. The normalized spacial score (nSPS) is 11.6. The average Bonchev–Trinajstić information content (AvgIpc) is 2.64. The molecule has 0 radical (unpaired) electrons. The zero-order valence-corrected chi connectivity index (χ0v) is 11.8. The van der Waals surface area contributed by atoms with Gasteiger partial charge in [-0.05, 0) is 26.0 Å². The predicted molar refractivity (Wildman–Crippen MR) is 70.4 cm³/mol. The lowest BCUT2D eigenvalue weighted by Gasteiger charge is -2.09. The molecule has 0 aliphatic carbocycles. The minimum atomic E-state index is -3.94. The van der Waals surface area contributed by atoms with E-state index in [2.05, 4.69) is 4.72 Å². The molecule has 0 fully saturated rings. The standard InChI is InChI=1S/C12H11ClFNO3S/c1-7-6-11(8(2)18-7)19(16,17)15-12-9(13)4-3-5-10(12)14/h3-6,15H,1-2H3. The van der Waals surface area contributed by atoms with Gasteiger partial charge in [0.1, 0.15) is 27.9 Å². The average molecular weight is 304 g/mol. The fraction of sp³-hybridized carbons (Fsp3) is 0.167. The Morgan fingerprint density at radius 1 is 1.32 bits per heavy atom. The molecule has 0 atom stereocenters. The lowest BCUT2D eigenvalue weighted by molar-refractivity contribution is 0.496. The number of rotatable bonds is 3. The van der Waals surface area contributed by atoms with E-state index in [0.29, 0.717) is 5.76 Å². The first-order valence-electron chi connectivity index (χ1n) is 5.35. The molecule has 0 saturated heterocycles. The van der Waals surface area contributed by atoms with Crippen LogP contribution in [0, 0.1) is 19.7 Å². The minimum Gasteiger partial charge on any atom is -0.465 e. The summed E-state index contributed by atoms with van der Waals surface area (Å²) in [5.74, 6) is -0.0519. The second-order valence-corrected chi connectivity index (χ2v) is 6.04. The van der Waals surface area contributed by atoms with Gasteiger partial charge in [-0.1, -0.05) is 17.7 Å². The Labute approximate surface area is 115 Å². The first-order chi connectivity index (χ1) is 8.81. The van der Waals surface area contributed by atoms with Gasteiger partial charge in [0, 0.05) is 6.07 Å². The molecule has 2 rings (SSSR count). The van der Waals surface area contributed by atoms with Gasteiger partial charge in [0.15, 0.2) is 0 Å². The Kier molecular flexibility index (Phi) is 3.56. The van der Waals surface area contributed by atoms with E-state index in [1.165, 1.54) is 25.1 Å². The maximum absolute atomic E-state index is 13.6. The number of benzene rings is 1. The highest BCUT2D eigenvalue weighted by atomic mass is 35.5. The van der Waals surface area contributed by atoms with E-state index in [4.69, 9.17) is 16.0 Å². The van der Waals surface area contributed by atoms with Crippen LogP contribution in [0.3, 0.4) is 0 Å². The fourth-order valence-corrected chi connectivity index (χ4v) is 3.25. The number of furan rings is 1. The number of para-hydroxylation sites is 1. The van der Waals surface area contributed by atoms with Crippen LogP contribution < -0.4 is 4.72 Å². The number of sulfonamides is 1. The van der Waals surface area contributed by atoms with Gasteiger partial charge in [-0.2, -0.15) is 0 Å². The maximum atomic E-state index is 13.6. The summed E-state index contributed by atoms with van der Waals surface area (Å²) < 4.78 is 45.1. The summed E-state index contributed by atoms with van der Waals surface area (Å²) in [5.41, 5.74) is -0.276. The van der Waals surface area contributed by atoms with Crippen LogP contribution in [-0.4, -0.2) is 8.42 Å². The van der Waals surface area contributed by atoms with E-state index < -0.39 is 15.8 Å². The highest BCUT2D eigenvalue weighted by Crippen LogP contribution is 2.28. The first-order valence-corrected chi connectivity index (χ1v) is 7.21. The van der Waals surface area contributed by atoms with Gasteiger partial charge in [0.2, 0.25) is 0 Å². The molecule has 0 unspecified atom stereocenters. The highest BCUT2D eigenvalue weighted by molar-refractivity contribution is 7.92. The highest BCUT2D eigenvalue weighted by Gasteiger charge is 2.23. The molecular formula is C12H11ClFNO3S. The van der Waals surface area contributed by atoms with E-state index in [-0.39, 0.29) is 21.4 Å². The molecule has 102 valence electrons. The van der Waals surface area contributed by atoms with Crippen molar-refractivity contribution in [3.05, 3.63) is 46.6 Å². The van der Waals surface area contributed by atoms with Crippen LogP contribution >= 0.6 is 11.6 Å². The second-order valence-electron chi connectivity index (χ2n) is 3.98. The van der Waals surface area contributed by atoms with E-state index in [0.717, 1.165) is 6.07 Å². The van der Waals surface area contributed by atoms with Crippen LogP contribution in [0.25, 0.3) is 0 Å². The number of nitrogens with one attached hydrogen (secondary N) is 1. The molecule has 2 aromatic rings. The molecule has 1 heterocycles. The predicted octanol–water partition coefficient (Wildman–Crippen LogP) is 3.49. The van der Waals surface area contributed by atoms with Crippen molar-refractivity contribution in [3.63, 3.8) is 0 Å². The van der Waals surface area contributed by atoms with Crippen LogP contribution in [0.4, 0.5) is 10.1 Å². The van der Waals surface area contributed by atoms with Crippen molar-refractivity contribution in [2.75, 3.05) is 4.72 Å². The molecule has 0 aliphatic rings. The molecular weight excluding hydrogens is 293 g/mol. The van der Waals surface area contributed by atoms with Crippen LogP contribution in [0.5, 0.6) is 0 Å². The largest absolute Gasteiger partial charge is 0.465 e. The molecule has 0 spiro atoms. The molecule has 1 N–H and O–H groups in total. The van der Waals surface area contributed by atoms with Crippen molar-refractivity contribution < 1.29 is 17.2 Å². The van der Waals surface area contributed by atoms with Crippen LogP contribution in [-0.2, 0) is 10.0 Å². The summed E-state index contributed by atoms with van der Waals surface area (Å²) in [5, 5.41) is -0.0126. The van der Waals surface area contributed by atoms with Crippen molar-refractivity contribution in [1.29, 1.82) is 0 Å². The van der Waals surface area contributed by atoms with Gasteiger partial charge < -0.3 is 4.42 Å². The Bertz CT molecular complexity index is 704. The minimum absolute atomic E-state index is 0.0126. The molecule has 0 bridgehead atoms. The van der Waals surface area contributed by atoms with Gasteiger partial charge in [0.25, 0.3) is 10.0 Å². The number of halogens is 2. The van der Waals surface area contributed by atoms with Crippen molar-refractivity contribution in [3.8, 4) is 0 Å². The van der Waals surface area contributed by atoms with E-state index in [9.17, 15) is 12.8 Å². The second kappa shape index (κ2) is 4.86. The summed E-state index contributed by atoms with van der Waals surface area (Å²) in [4.78, 5) is -0.0377. The van der Waals surface area contributed by atoms with Crippen molar-refractivity contribution in [2.45, 2.75) is 18.7 Å². The summed E-state index contributed by atoms with van der Waals surface area (Å²) in [7, 11) is -3.94. The number of aryl methyl sites for hydroxylation is 2. The Balaban J connectivity index is 2.45. The fourth-order valence-electron chi connectivity index (χ4n) is 1.66. The molecule has 1 aromatic carbocycles. The summed E-state index contributed by atoms with van der Waals surface area (Å²) in [6.07, 6.45) is 0. The molecule has 0 aliphatic heterocycles. The van der Waals surface area contributed by atoms with Gasteiger partial charge in [0.05, 0.1) is 5.02 Å². The number of hydrogen-bond acceptors (Lipinski definition) is 3. The Morgan fingerprint density at radius 2 is 2.00 bits per heavy atom. The molecule has 0 saturated carbocycles. The number of anilines is 1. The van der Waals surface area contributed by atoms with Gasteiger partial charge in [-0.25, -0.2) is 12.8 Å². The number of hydrogen-bond donors (Lipinski definition) is 1. The maximum Gasteiger partial charge on any atom is 0.265 e. The van der Waals surface area contributed by atoms with Crippen molar-refractivity contribution in [1.82, 2.24) is 0 Å². The van der Waals surface area contributed by atoms with Crippen LogP contribution in [0.2, 0.25) is 5.02 Å². The van der Waals surface area contributed by atoms with E-state index >= 15 is 0 Å². The summed E-state index contributed by atoms with van der Waals surface area (Å²) >= 11 is 5.78. The third-order valence-corrected chi connectivity index (χ3v) is 4.26. The van der Waals surface area contributed by atoms with Crippen molar-refractivity contribution in [2.24, 2.45) is 0 Å². The van der Waals surface area contributed by atoms with Gasteiger partial charge in [-0.15, -0.1) is 0 Å². The smallest absolute Gasteiger partial charge is 0.265 e. The third kappa shape index (κ3) is 2.74. The topological polar surface area (TPSA) is 59.3 Å². The Morgan fingerprint density at radius 3 is 2.53 bits per heavy atom. The van der Waals surface area contributed by atoms with Crippen molar-refractivity contribution >= 4 is 27.3 Å². The SMILES string of the molecule is Cc1cc(S(=O)(=O)Nc2c(F)cccc2Cl)c(C)o1. The molecule has 0 amide bonds. The Hall–Kier alpha value is -1.53. The van der Waals surface area contributed by atoms with Gasteiger partial charge in [-0.3, -0.25) is 4.72 Å². The van der Waals surface area contributed by atoms with Crippen LogP contribution in [0.15, 0.2) is 33.6 Å². The van der Waals surface area contributed by atoms with E-state index in [1.54, 1.807) is 6.92 Å². The summed E-state index contributed by atoms with van der Waals surface area (Å²) in [6, 6.07) is 5.28. The van der Waals surface area contributed by atoms with E-state index in [1.807, 2.05) is 0 Å². The molecule has 4 nitrogen and oxygen atoms in total. The first kappa shape index (κ1) is 13.9. The molecule has 1 aromatic heterocycles. The quantitative estimate of drug-likeness (QED) is 0.944. The monoisotopic (exact) mass is 303 g/mol. The zero-order chi connectivity index (χ0) is 14.2.